The number of hydrogen-bond acceptors (Lipinski definition) is 4. The molecule has 0 spiro atoms. The number of benzene rings is 1. The molecule has 0 aromatic heterocycles. The molecule has 3 rings (SSSR count). The molecular formula is C21H32N2O4S. The smallest absolute Gasteiger partial charge is 0.243 e. The van der Waals surface area contributed by atoms with Gasteiger partial charge in [-0.3, -0.25) is 4.79 Å². The maximum atomic E-state index is 13.0. The molecule has 2 aliphatic rings. The van der Waals surface area contributed by atoms with Gasteiger partial charge in [0, 0.05) is 25.6 Å². The fraction of sp³-hybridized carbons (Fsp3) is 0.667. The first kappa shape index (κ1) is 21.3. The second-order valence-corrected chi connectivity index (χ2v) is 10.3. The lowest BCUT2D eigenvalue weighted by Crippen LogP contribution is -2.43. The Morgan fingerprint density at radius 1 is 1.21 bits per heavy atom. The predicted molar refractivity (Wildman–Crippen MR) is 108 cm³/mol. The van der Waals surface area contributed by atoms with Gasteiger partial charge in [-0.25, -0.2) is 8.42 Å². The first-order chi connectivity index (χ1) is 13.3. The fourth-order valence-corrected chi connectivity index (χ4v) is 5.82. The average Bonchev–Trinajstić information content (AvgIpc) is 3.13. The van der Waals surface area contributed by atoms with Gasteiger partial charge in [0.25, 0.3) is 0 Å². The molecular weight excluding hydrogens is 376 g/mol. The second-order valence-electron chi connectivity index (χ2n) is 8.40. The number of carbonyl (C=O) groups is 1. The highest BCUT2D eigenvalue weighted by molar-refractivity contribution is 7.89. The van der Waals surface area contributed by atoms with Crippen LogP contribution in [-0.2, 0) is 27.7 Å². The van der Waals surface area contributed by atoms with Crippen LogP contribution in [0.15, 0.2) is 23.1 Å². The highest BCUT2D eigenvalue weighted by Crippen LogP contribution is 2.28. The monoisotopic (exact) mass is 408 g/mol. The third-order valence-corrected chi connectivity index (χ3v) is 7.80. The summed E-state index contributed by atoms with van der Waals surface area (Å²) in [4.78, 5) is 12.8. The van der Waals surface area contributed by atoms with Gasteiger partial charge < -0.3 is 10.4 Å². The van der Waals surface area contributed by atoms with Crippen molar-refractivity contribution >= 4 is 15.9 Å². The zero-order valence-corrected chi connectivity index (χ0v) is 17.7. The number of hydrogen-bond donors (Lipinski definition) is 2. The van der Waals surface area contributed by atoms with E-state index in [2.05, 4.69) is 5.32 Å². The van der Waals surface area contributed by atoms with E-state index in [9.17, 15) is 18.3 Å². The van der Waals surface area contributed by atoms with Crippen molar-refractivity contribution in [2.24, 2.45) is 11.8 Å². The summed E-state index contributed by atoms with van der Waals surface area (Å²) in [5.74, 6) is 0.0569. The molecule has 0 radical (unpaired) electrons. The highest BCUT2D eigenvalue weighted by atomic mass is 32.2. The summed E-state index contributed by atoms with van der Waals surface area (Å²) >= 11 is 0. The number of aliphatic hydroxyl groups excluding tert-OH is 1. The minimum absolute atomic E-state index is 0.00739. The summed E-state index contributed by atoms with van der Waals surface area (Å²) in [5, 5.41) is 12.4. The van der Waals surface area contributed by atoms with Crippen LogP contribution in [0.5, 0.6) is 0 Å². The largest absolute Gasteiger partial charge is 0.393 e. The summed E-state index contributed by atoms with van der Waals surface area (Å²) < 4.78 is 27.5. The minimum Gasteiger partial charge on any atom is -0.393 e. The molecule has 2 N–H and O–H groups in total. The number of nitrogens with zero attached hydrogens (tertiary/aromatic N) is 1. The molecule has 1 heterocycles. The van der Waals surface area contributed by atoms with E-state index in [1.165, 1.54) is 9.87 Å². The van der Waals surface area contributed by atoms with E-state index in [1.54, 1.807) is 13.0 Å². The predicted octanol–water partition coefficient (Wildman–Crippen LogP) is 2.10. The van der Waals surface area contributed by atoms with E-state index < -0.39 is 10.0 Å². The summed E-state index contributed by atoms with van der Waals surface area (Å²) in [7, 11) is -3.50. The molecule has 1 saturated heterocycles. The zero-order chi connectivity index (χ0) is 20.3. The normalized spacial score (nSPS) is 20.5. The third-order valence-electron chi connectivity index (χ3n) is 5.90. The molecule has 7 heteroatoms. The number of aliphatic hydroxyl groups is 1. The van der Waals surface area contributed by atoms with Gasteiger partial charge in [-0.2, -0.15) is 4.31 Å². The number of carbonyl (C=O) groups excluding carboxylic acids is 1. The van der Waals surface area contributed by atoms with Gasteiger partial charge >= 0.3 is 0 Å². The number of nitrogens with one attached hydrogen (secondary N) is 1. The van der Waals surface area contributed by atoms with E-state index in [0.29, 0.717) is 43.8 Å². The Kier molecular flexibility index (Phi) is 6.78. The van der Waals surface area contributed by atoms with Crippen molar-refractivity contribution in [3.63, 3.8) is 0 Å². The molecule has 1 amide bonds. The second kappa shape index (κ2) is 8.93. The lowest BCUT2D eigenvalue weighted by atomic mass is 9.96. The average molecular weight is 409 g/mol. The maximum Gasteiger partial charge on any atom is 0.243 e. The molecule has 1 fully saturated rings. The van der Waals surface area contributed by atoms with Crippen LogP contribution >= 0.6 is 0 Å². The molecule has 0 bridgehead atoms. The van der Waals surface area contributed by atoms with Gasteiger partial charge in [-0.15, -0.1) is 0 Å². The van der Waals surface area contributed by atoms with Crippen LogP contribution < -0.4 is 5.32 Å². The number of fused-ring (bicyclic) bond motifs is 1. The summed E-state index contributed by atoms with van der Waals surface area (Å²) in [6, 6.07) is 5.51. The SMILES string of the molecule is CC(O)CC(C)CNC(=O)C1CCN(S(=O)(=O)c2ccc3c(c2)CCC3)CC1. The highest BCUT2D eigenvalue weighted by Gasteiger charge is 2.32. The molecule has 2 unspecified atom stereocenters. The van der Waals surface area contributed by atoms with Crippen molar-refractivity contribution in [3.8, 4) is 0 Å². The maximum absolute atomic E-state index is 13.0. The molecule has 1 aromatic carbocycles. The number of piperidine rings is 1. The van der Waals surface area contributed by atoms with Crippen molar-refractivity contribution in [2.75, 3.05) is 19.6 Å². The van der Waals surface area contributed by atoms with Crippen LogP contribution in [0.4, 0.5) is 0 Å². The van der Waals surface area contributed by atoms with Gasteiger partial charge in [-0.1, -0.05) is 13.0 Å². The first-order valence-electron chi connectivity index (χ1n) is 10.3. The van der Waals surface area contributed by atoms with E-state index in [0.717, 1.165) is 24.8 Å². The minimum atomic E-state index is -3.50. The zero-order valence-electron chi connectivity index (χ0n) is 16.9. The van der Waals surface area contributed by atoms with E-state index in [4.69, 9.17) is 0 Å². The molecule has 6 nitrogen and oxygen atoms in total. The molecule has 156 valence electrons. The Balaban J connectivity index is 1.53. The lowest BCUT2D eigenvalue weighted by molar-refractivity contribution is -0.126. The van der Waals surface area contributed by atoms with Crippen LogP contribution in [0.3, 0.4) is 0 Å². The molecule has 0 saturated carbocycles. The third kappa shape index (κ3) is 4.93. The lowest BCUT2D eigenvalue weighted by Gasteiger charge is -2.31. The Bertz CT molecular complexity index is 799. The van der Waals surface area contributed by atoms with Gasteiger partial charge in [0.1, 0.15) is 0 Å². The van der Waals surface area contributed by atoms with E-state index >= 15 is 0 Å². The first-order valence-corrected chi connectivity index (χ1v) is 11.8. The quantitative estimate of drug-likeness (QED) is 0.723. The van der Waals surface area contributed by atoms with Gasteiger partial charge in [0.15, 0.2) is 0 Å². The van der Waals surface area contributed by atoms with Crippen molar-refractivity contribution in [1.29, 1.82) is 0 Å². The Labute approximate surface area is 168 Å². The number of sulfonamides is 1. The van der Waals surface area contributed by atoms with Crippen molar-refractivity contribution in [3.05, 3.63) is 29.3 Å². The Morgan fingerprint density at radius 3 is 2.57 bits per heavy atom. The van der Waals surface area contributed by atoms with E-state index in [1.807, 2.05) is 19.1 Å². The fourth-order valence-electron chi connectivity index (χ4n) is 4.30. The standard InChI is InChI=1S/C21H32N2O4S/c1-15(12-16(2)24)14-22-21(25)18-8-10-23(11-9-18)28(26,27)20-7-6-17-4-3-5-19(17)13-20/h6-7,13,15-16,18,24H,3-5,8-12,14H2,1-2H3,(H,22,25). The topological polar surface area (TPSA) is 86.7 Å². The molecule has 28 heavy (non-hydrogen) atoms. The van der Waals surface area contributed by atoms with Gasteiger partial charge in [0.2, 0.25) is 15.9 Å². The van der Waals surface area contributed by atoms with Crippen molar-refractivity contribution in [1.82, 2.24) is 9.62 Å². The Hall–Kier alpha value is -1.44. The summed E-state index contributed by atoms with van der Waals surface area (Å²) in [6.45, 7) is 5.03. The summed E-state index contributed by atoms with van der Waals surface area (Å²) in [6.07, 6.45) is 4.44. The number of rotatable bonds is 7. The number of aryl methyl sites for hydroxylation is 2. The molecule has 1 aromatic rings. The van der Waals surface area contributed by atoms with E-state index in [-0.39, 0.29) is 23.8 Å². The van der Waals surface area contributed by atoms with Crippen LogP contribution in [0, 0.1) is 11.8 Å². The molecule has 1 aliphatic heterocycles. The van der Waals surface area contributed by atoms with Gasteiger partial charge in [-0.05, 0) is 74.6 Å². The van der Waals surface area contributed by atoms with Gasteiger partial charge in [0.05, 0.1) is 11.0 Å². The summed E-state index contributed by atoms with van der Waals surface area (Å²) in [5.41, 5.74) is 2.42. The van der Waals surface area contributed by atoms with Crippen LogP contribution in [0.2, 0.25) is 0 Å². The molecule has 2 atom stereocenters. The van der Waals surface area contributed by atoms with Crippen LogP contribution in [0.25, 0.3) is 0 Å². The Morgan fingerprint density at radius 2 is 1.89 bits per heavy atom. The van der Waals surface area contributed by atoms with Crippen LogP contribution in [-0.4, -0.2) is 49.5 Å². The van der Waals surface area contributed by atoms with Crippen molar-refractivity contribution in [2.45, 2.75) is 63.4 Å². The van der Waals surface area contributed by atoms with Crippen LogP contribution in [0.1, 0.15) is 50.7 Å². The number of amides is 1. The molecule has 1 aliphatic carbocycles. The van der Waals surface area contributed by atoms with Crippen molar-refractivity contribution < 1.29 is 18.3 Å².